The molecule has 0 unspecified atom stereocenters. The molecule has 6 atom stereocenters. The summed E-state index contributed by atoms with van der Waals surface area (Å²) in [5, 5.41) is 8.69. The van der Waals surface area contributed by atoms with Gasteiger partial charge in [-0.05, 0) is 63.7 Å². The number of fused-ring (bicyclic) bond motifs is 3. The summed E-state index contributed by atoms with van der Waals surface area (Å²) in [6.45, 7) is 2.18. The van der Waals surface area contributed by atoms with E-state index < -0.39 is 0 Å². The number of methoxy groups -OCH3 is 2. The van der Waals surface area contributed by atoms with E-state index in [9.17, 15) is 14.4 Å². The quantitative estimate of drug-likeness (QED) is 0.0646. The molecule has 9 rings (SSSR count). The third-order valence-corrected chi connectivity index (χ3v) is 11.2. The number of anilines is 6. The monoisotopic (exact) mass is 926 g/mol. The summed E-state index contributed by atoms with van der Waals surface area (Å²) in [5.41, 5.74) is 39.2. The molecule has 25 nitrogen and oxygen atoms in total. The Morgan fingerprint density at radius 2 is 1.06 bits per heavy atom. The highest BCUT2D eigenvalue weighted by Crippen LogP contribution is 2.40. The first-order chi connectivity index (χ1) is 29.2. The number of hydroxylamine groups is 1. The standard InChI is InChI=1S/C12H16N6O2.C11H15N7O2.C8H14O2.C5H6N6.5CH4/c1-20-11(19)6-2-3-7(4-6)18-10-8(17-12(18)14)9(13)15-5-16-10;12-8-7-9(15-4-14-8)18(11(13)16-7)6-2-1-5(3-6)10(19)17-20;1-6-3-4-7(5-6)8(9)10-2;6-3-2-4(9-1-8-3)11-5(7)10-2;;;;;/h5-7H,2-4H2,1H3,(H2,14,17)(H2,13,15,16);4-6,20H,1-3H2,(H2,13,16)(H,17,19)(H2,12,14,15);6-7H,3-5H2,1-2H3;1H,(H5,6,7,8,9,10,11);5*1H4/t6-,7-;5-,6-;6-,7+;;;;;;/m110....../s1. The smallest absolute Gasteiger partial charge is 0.308 e. The zero-order valence-electron chi connectivity index (χ0n) is 33.9. The maximum atomic E-state index is 11.6. The van der Waals surface area contributed by atoms with Crippen LogP contribution in [0.25, 0.3) is 33.5 Å². The van der Waals surface area contributed by atoms with Crippen molar-refractivity contribution in [1.29, 1.82) is 0 Å². The highest BCUT2D eigenvalue weighted by Gasteiger charge is 2.35. The Kier molecular flexibility index (Phi) is 21.3. The molecule has 25 heteroatoms. The number of hydrogen-bond donors (Lipinski definition) is 9. The van der Waals surface area contributed by atoms with Gasteiger partial charge in [0, 0.05) is 18.0 Å². The molecule has 3 saturated carbocycles. The minimum absolute atomic E-state index is 0. The Hall–Kier alpha value is -7.18. The Morgan fingerprint density at radius 3 is 1.52 bits per heavy atom. The molecule has 3 aliphatic carbocycles. The van der Waals surface area contributed by atoms with Gasteiger partial charge in [-0.15, -0.1) is 0 Å². The number of amides is 1. The molecular weight excluding hydrogens is 855 g/mol. The molecular formula is C41H71N19O6. The lowest BCUT2D eigenvalue weighted by Gasteiger charge is -2.14. The van der Waals surface area contributed by atoms with Crippen LogP contribution in [0.1, 0.15) is 114 Å². The van der Waals surface area contributed by atoms with Crippen molar-refractivity contribution >= 4 is 86.6 Å². The van der Waals surface area contributed by atoms with Crippen LogP contribution in [0.15, 0.2) is 19.0 Å². The van der Waals surface area contributed by atoms with Crippen molar-refractivity contribution in [3.8, 4) is 0 Å². The molecule has 6 aromatic rings. The molecule has 6 heterocycles. The summed E-state index contributed by atoms with van der Waals surface area (Å²) in [7, 11) is 2.87. The molecule has 0 aromatic carbocycles. The zero-order valence-corrected chi connectivity index (χ0v) is 33.9. The lowest BCUT2D eigenvalue weighted by atomic mass is 10.1. The van der Waals surface area contributed by atoms with Crippen LogP contribution in [0.2, 0.25) is 0 Å². The maximum absolute atomic E-state index is 11.6. The molecule has 0 aliphatic heterocycles. The van der Waals surface area contributed by atoms with Crippen molar-refractivity contribution in [1.82, 2.24) is 64.5 Å². The van der Waals surface area contributed by atoms with Crippen LogP contribution in [0.3, 0.4) is 0 Å². The first kappa shape index (κ1) is 56.8. The van der Waals surface area contributed by atoms with Crippen LogP contribution >= 0.6 is 0 Å². The van der Waals surface area contributed by atoms with E-state index in [2.05, 4.69) is 61.5 Å². The van der Waals surface area contributed by atoms with E-state index in [-0.39, 0.29) is 90.6 Å². The van der Waals surface area contributed by atoms with Gasteiger partial charge in [0.15, 0.2) is 51.4 Å². The third-order valence-electron chi connectivity index (χ3n) is 11.2. The summed E-state index contributed by atoms with van der Waals surface area (Å²) in [5.74, 6) is 1.91. The second-order valence-electron chi connectivity index (χ2n) is 15.1. The number of carbonyl (C=O) groups excluding carboxylic acids is 3. The lowest BCUT2D eigenvalue weighted by Crippen LogP contribution is -2.26. The van der Waals surface area contributed by atoms with Crippen molar-refractivity contribution in [3.05, 3.63) is 19.0 Å². The van der Waals surface area contributed by atoms with Crippen molar-refractivity contribution in [2.75, 3.05) is 48.6 Å². The van der Waals surface area contributed by atoms with Gasteiger partial charge >= 0.3 is 11.9 Å². The molecule has 6 aromatic heterocycles. The van der Waals surface area contributed by atoms with E-state index in [1.165, 1.54) is 39.6 Å². The Bertz CT molecular complexity index is 2390. The molecule has 15 N–H and O–H groups in total. The summed E-state index contributed by atoms with van der Waals surface area (Å²) in [6.07, 6.45) is 11.6. The van der Waals surface area contributed by atoms with Gasteiger partial charge in [0.05, 0.1) is 26.1 Å². The van der Waals surface area contributed by atoms with Gasteiger partial charge in [-0.1, -0.05) is 44.1 Å². The average Bonchev–Trinajstić information content (AvgIpc) is 4.11. The number of rotatable bonds is 5. The number of H-pyrrole nitrogens is 1. The summed E-state index contributed by atoms with van der Waals surface area (Å²) in [6, 6.07) is 0.0926. The highest BCUT2D eigenvalue weighted by atomic mass is 16.5. The van der Waals surface area contributed by atoms with Crippen LogP contribution in [-0.2, 0) is 23.9 Å². The Morgan fingerprint density at radius 1 is 0.621 bits per heavy atom. The van der Waals surface area contributed by atoms with Gasteiger partial charge in [0.25, 0.3) is 0 Å². The number of aromatic amines is 1. The second-order valence-corrected chi connectivity index (χ2v) is 15.1. The number of carbonyl (C=O) groups is 3. The number of nitrogens with two attached hydrogens (primary N) is 6. The van der Waals surface area contributed by atoms with E-state index in [1.54, 1.807) is 10.0 Å². The lowest BCUT2D eigenvalue weighted by molar-refractivity contribution is -0.146. The van der Waals surface area contributed by atoms with Crippen molar-refractivity contribution in [2.45, 2.75) is 114 Å². The molecule has 3 aliphatic rings. The molecule has 0 radical (unpaired) electrons. The molecule has 1 amide bonds. The van der Waals surface area contributed by atoms with E-state index in [4.69, 9.17) is 44.3 Å². The molecule has 0 spiro atoms. The number of nitrogen functional groups attached to an aromatic ring is 6. The van der Waals surface area contributed by atoms with E-state index in [0.717, 1.165) is 32.1 Å². The number of nitrogens with zero attached hydrogens (tertiary/aromatic N) is 11. The zero-order chi connectivity index (χ0) is 44.0. The van der Waals surface area contributed by atoms with Crippen LogP contribution in [0.4, 0.5) is 35.3 Å². The van der Waals surface area contributed by atoms with Crippen LogP contribution in [-0.4, -0.2) is 96.2 Å². The van der Waals surface area contributed by atoms with Gasteiger partial charge < -0.3 is 48.9 Å². The summed E-state index contributed by atoms with van der Waals surface area (Å²) < 4.78 is 13.1. The second kappa shape index (κ2) is 24.8. The highest BCUT2D eigenvalue weighted by molar-refractivity contribution is 5.85. The van der Waals surface area contributed by atoms with Crippen LogP contribution in [0, 0.1) is 23.7 Å². The number of ether oxygens (including phenoxy) is 2. The first-order valence-electron chi connectivity index (χ1n) is 19.5. The minimum atomic E-state index is -0.371. The average molecular weight is 926 g/mol. The predicted octanol–water partition coefficient (Wildman–Crippen LogP) is 4.64. The fraction of sp³-hybridized carbons (Fsp3) is 0.561. The van der Waals surface area contributed by atoms with Crippen molar-refractivity contribution in [2.24, 2.45) is 23.7 Å². The number of imidazole rings is 3. The fourth-order valence-electron chi connectivity index (χ4n) is 8.15. The van der Waals surface area contributed by atoms with Gasteiger partial charge in [-0.3, -0.25) is 28.7 Å². The Labute approximate surface area is 384 Å². The van der Waals surface area contributed by atoms with E-state index in [1.807, 2.05) is 4.57 Å². The largest absolute Gasteiger partial charge is 0.469 e. The fourth-order valence-corrected chi connectivity index (χ4v) is 8.15. The van der Waals surface area contributed by atoms with Gasteiger partial charge in [0.2, 0.25) is 17.8 Å². The summed E-state index contributed by atoms with van der Waals surface area (Å²) in [4.78, 5) is 72.8. The molecule has 366 valence electrons. The van der Waals surface area contributed by atoms with Gasteiger partial charge in [-0.25, -0.2) is 45.4 Å². The molecule has 0 bridgehead atoms. The number of hydrogen-bond acceptors (Lipinski definition) is 21. The molecule has 3 fully saturated rings. The SMILES string of the molecule is C.C.C.C.C.COC(=O)[C@@H]1CC[C@@H](n2c(N)nc3c(N)ncnc32)C1.COC(=O)[C@@H]1CC[C@H](C)C1.Nc1nc2ncnc(N)c2[nH]1.Nc1ncnc2c1nc(N)n2[C@@H]1CC[C@@H](C(=O)NO)C1. The van der Waals surface area contributed by atoms with E-state index >= 15 is 0 Å². The first-order valence-corrected chi connectivity index (χ1v) is 19.5. The topological polar surface area (TPSA) is 400 Å². The van der Waals surface area contributed by atoms with Gasteiger partial charge in [-0.2, -0.15) is 4.98 Å². The third kappa shape index (κ3) is 12.3. The van der Waals surface area contributed by atoms with Crippen LogP contribution < -0.4 is 39.9 Å². The number of aromatic nitrogens is 12. The van der Waals surface area contributed by atoms with Crippen LogP contribution in [0.5, 0.6) is 0 Å². The maximum Gasteiger partial charge on any atom is 0.308 e. The van der Waals surface area contributed by atoms with Crippen molar-refractivity contribution < 1.29 is 29.1 Å². The van der Waals surface area contributed by atoms with E-state index in [0.29, 0.717) is 88.2 Å². The number of esters is 2. The Balaban J connectivity index is 0.000000447. The minimum Gasteiger partial charge on any atom is -0.469 e. The van der Waals surface area contributed by atoms with Crippen molar-refractivity contribution in [3.63, 3.8) is 0 Å². The van der Waals surface area contributed by atoms with Gasteiger partial charge in [0.1, 0.15) is 24.5 Å². The molecule has 66 heavy (non-hydrogen) atoms. The summed E-state index contributed by atoms with van der Waals surface area (Å²) >= 11 is 0. The molecule has 0 saturated heterocycles. The normalized spacial score (nSPS) is 20.1. The number of nitrogens with one attached hydrogen (secondary N) is 2. The predicted molar refractivity (Wildman–Crippen MR) is 256 cm³/mol.